The molecule has 0 aliphatic carbocycles. The number of amides is 1. The molecule has 80 valence electrons. The van der Waals surface area contributed by atoms with Gasteiger partial charge in [-0.1, -0.05) is 0 Å². The summed E-state index contributed by atoms with van der Waals surface area (Å²) in [6.45, 7) is 2.79. The lowest BCUT2D eigenvalue weighted by Crippen LogP contribution is -2.29. The highest BCUT2D eigenvalue weighted by molar-refractivity contribution is 5.67. The fraction of sp³-hybridized carbons (Fsp3) is 0.714. The van der Waals surface area contributed by atoms with E-state index >= 15 is 0 Å². The van der Waals surface area contributed by atoms with Gasteiger partial charge >= 0.3 is 12.1 Å². The van der Waals surface area contributed by atoms with E-state index in [4.69, 9.17) is 0 Å². The summed E-state index contributed by atoms with van der Waals surface area (Å²) in [7, 11) is 0. The molecule has 0 heterocycles. The van der Waals surface area contributed by atoms with Crippen molar-refractivity contribution in [2.75, 3.05) is 19.8 Å². The Hall–Kier alpha value is -1.66. The number of ether oxygens (including phenoxy) is 2. The van der Waals surface area contributed by atoms with Crippen molar-refractivity contribution in [1.29, 1.82) is 0 Å². The predicted molar refractivity (Wildman–Crippen MR) is 46.2 cm³/mol. The lowest BCUT2D eigenvalue weighted by molar-refractivity contribution is -0.141. The summed E-state index contributed by atoms with van der Waals surface area (Å²) < 4.78 is 9.02. The van der Waals surface area contributed by atoms with Gasteiger partial charge in [-0.15, -0.1) is 4.91 Å². The minimum absolute atomic E-state index is 0.0834. The average Bonchev–Trinajstić information content (AvgIpc) is 2.12. The molecule has 0 N–H and O–H groups in total. The van der Waals surface area contributed by atoms with Crippen LogP contribution in [-0.2, 0) is 14.3 Å². The number of hydrogen-bond acceptors (Lipinski definition) is 6. The van der Waals surface area contributed by atoms with Crippen LogP contribution in [0.1, 0.15) is 13.8 Å². The van der Waals surface area contributed by atoms with E-state index < -0.39 is 12.1 Å². The molecule has 0 aromatic rings. The first-order valence-electron chi connectivity index (χ1n) is 4.02. The third kappa shape index (κ3) is 5.07. The molecule has 0 unspecified atom stereocenters. The highest BCUT2D eigenvalue weighted by Crippen LogP contribution is 1.94. The fourth-order valence-electron chi connectivity index (χ4n) is 0.639. The van der Waals surface area contributed by atoms with Gasteiger partial charge in [0.05, 0.1) is 18.4 Å². The first kappa shape index (κ1) is 12.3. The molecule has 7 nitrogen and oxygen atoms in total. The van der Waals surface area contributed by atoms with Crippen molar-refractivity contribution in [1.82, 2.24) is 5.01 Å². The maximum Gasteiger partial charge on any atom is 0.433 e. The van der Waals surface area contributed by atoms with E-state index in [1.54, 1.807) is 6.92 Å². The average molecular weight is 204 g/mol. The molecule has 14 heavy (non-hydrogen) atoms. The summed E-state index contributed by atoms with van der Waals surface area (Å²) in [5, 5.41) is 2.97. The van der Waals surface area contributed by atoms with Crippen LogP contribution in [0.25, 0.3) is 0 Å². The molecular weight excluding hydrogens is 192 g/mol. The Kier molecular flexibility index (Phi) is 6.01. The Labute approximate surface area is 80.9 Å². The second kappa shape index (κ2) is 6.81. The number of rotatable bonds is 5. The standard InChI is InChI=1S/C7H12N2O5/c1-3-13-7(11)9(8-12)4-5-14-6(2)10/h3-5H2,1-2H3. The van der Waals surface area contributed by atoms with Crippen molar-refractivity contribution in [2.45, 2.75) is 13.8 Å². The van der Waals surface area contributed by atoms with E-state index in [9.17, 15) is 14.5 Å². The second-order valence-electron chi connectivity index (χ2n) is 2.24. The Morgan fingerprint density at radius 2 is 2.00 bits per heavy atom. The number of esters is 1. The molecule has 0 atom stereocenters. The Morgan fingerprint density at radius 1 is 1.36 bits per heavy atom. The zero-order valence-electron chi connectivity index (χ0n) is 8.06. The monoisotopic (exact) mass is 204 g/mol. The number of carbonyl (C=O) groups is 2. The van der Waals surface area contributed by atoms with Crippen molar-refractivity contribution in [3.8, 4) is 0 Å². The number of carbonyl (C=O) groups excluding carboxylic acids is 2. The normalized spacial score (nSPS) is 9.00. The topological polar surface area (TPSA) is 85.3 Å². The van der Waals surface area contributed by atoms with Gasteiger partial charge in [-0.2, -0.15) is 5.01 Å². The largest absolute Gasteiger partial charge is 0.464 e. The SMILES string of the molecule is CCOC(=O)N(CCOC(C)=O)N=O. The van der Waals surface area contributed by atoms with Crippen LogP contribution >= 0.6 is 0 Å². The molecular formula is C7H12N2O5. The Bertz CT molecular complexity index is 218. The molecule has 0 aliphatic rings. The summed E-state index contributed by atoms with van der Waals surface area (Å²) in [5.74, 6) is -0.486. The highest BCUT2D eigenvalue weighted by atomic mass is 16.6. The van der Waals surface area contributed by atoms with Crippen LogP contribution in [0.3, 0.4) is 0 Å². The lowest BCUT2D eigenvalue weighted by atomic mass is 10.6. The maximum absolute atomic E-state index is 10.9. The van der Waals surface area contributed by atoms with Crippen LogP contribution in [0, 0.1) is 4.91 Å². The quantitative estimate of drug-likeness (QED) is 0.373. The van der Waals surface area contributed by atoms with E-state index in [1.165, 1.54) is 6.92 Å². The molecule has 0 aromatic heterocycles. The summed E-state index contributed by atoms with van der Waals surface area (Å²) in [5.41, 5.74) is 0. The molecule has 0 saturated heterocycles. The van der Waals surface area contributed by atoms with E-state index in [1.807, 2.05) is 0 Å². The smallest absolute Gasteiger partial charge is 0.433 e. The molecule has 0 fully saturated rings. The molecule has 0 rings (SSSR count). The van der Waals surface area contributed by atoms with Gasteiger partial charge in [0.25, 0.3) is 0 Å². The van der Waals surface area contributed by atoms with Gasteiger partial charge in [0.1, 0.15) is 6.61 Å². The molecule has 0 aliphatic heterocycles. The number of hydrogen-bond donors (Lipinski definition) is 0. The van der Waals surface area contributed by atoms with E-state index in [0.29, 0.717) is 5.01 Å². The van der Waals surface area contributed by atoms with E-state index in [0.717, 1.165) is 0 Å². The summed E-state index contributed by atoms with van der Waals surface area (Å²) in [6.07, 6.45) is -0.852. The second-order valence-corrected chi connectivity index (χ2v) is 2.24. The fourth-order valence-corrected chi connectivity index (χ4v) is 0.639. The summed E-state index contributed by atoms with van der Waals surface area (Å²) in [4.78, 5) is 31.4. The maximum atomic E-state index is 10.9. The zero-order chi connectivity index (χ0) is 11.0. The molecule has 0 aromatic carbocycles. The van der Waals surface area contributed by atoms with Crippen LogP contribution in [0.5, 0.6) is 0 Å². The first-order valence-corrected chi connectivity index (χ1v) is 4.02. The van der Waals surface area contributed by atoms with Crippen molar-refractivity contribution in [3.63, 3.8) is 0 Å². The summed E-state index contributed by atoms with van der Waals surface area (Å²) >= 11 is 0. The van der Waals surface area contributed by atoms with Gasteiger partial charge in [-0.25, -0.2) is 4.79 Å². The third-order valence-electron chi connectivity index (χ3n) is 1.19. The molecule has 0 bridgehead atoms. The van der Waals surface area contributed by atoms with E-state index in [2.05, 4.69) is 14.8 Å². The lowest BCUT2D eigenvalue weighted by Gasteiger charge is -2.11. The van der Waals surface area contributed by atoms with Gasteiger partial charge in [-0.3, -0.25) is 4.79 Å². The Balaban J connectivity index is 3.84. The van der Waals surface area contributed by atoms with Gasteiger partial charge < -0.3 is 9.47 Å². The van der Waals surface area contributed by atoms with E-state index in [-0.39, 0.29) is 19.8 Å². The minimum atomic E-state index is -0.852. The molecule has 1 amide bonds. The van der Waals surface area contributed by atoms with Crippen molar-refractivity contribution in [3.05, 3.63) is 4.91 Å². The minimum Gasteiger partial charge on any atom is -0.464 e. The van der Waals surface area contributed by atoms with Crippen LogP contribution in [-0.4, -0.2) is 36.8 Å². The van der Waals surface area contributed by atoms with Crippen LogP contribution in [0.4, 0.5) is 4.79 Å². The Morgan fingerprint density at radius 3 is 2.43 bits per heavy atom. The molecule has 0 spiro atoms. The van der Waals surface area contributed by atoms with Crippen molar-refractivity contribution in [2.24, 2.45) is 5.29 Å². The van der Waals surface area contributed by atoms with Crippen LogP contribution < -0.4 is 0 Å². The van der Waals surface area contributed by atoms with Gasteiger partial charge in [-0.05, 0) is 6.92 Å². The number of nitrogens with zero attached hydrogens (tertiary/aromatic N) is 2. The highest BCUT2D eigenvalue weighted by Gasteiger charge is 2.14. The van der Waals surface area contributed by atoms with Gasteiger partial charge in [0, 0.05) is 6.92 Å². The first-order chi connectivity index (χ1) is 6.61. The number of nitroso groups, excluding NO2 is 1. The summed E-state index contributed by atoms with van der Waals surface area (Å²) in [6, 6.07) is 0. The predicted octanol–water partition coefficient (Wildman–Crippen LogP) is 0.689. The van der Waals surface area contributed by atoms with Crippen LogP contribution in [0.15, 0.2) is 5.29 Å². The van der Waals surface area contributed by atoms with Crippen molar-refractivity contribution < 1.29 is 19.1 Å². The molecule has 0 radical (unpaired) electrons. The van der Waals surface area contributed by atoms with Gasteiger partial charge in [0.15, 0.2) is 0 Å². The van der Waals surface area contributed by atoms with Gasteiger partial charge in [0.2, 0.25) is 0 Å². The van der Waals surface area contributed by atoms with Crippen molar-refractivity contribution >= 4 is 12.1 Å². The zero-order valence-corrected chi connectivity index (χ0v) is 8.06. The molecule has 0 saturated carbocycles. The third-order valence-corrected chi connectivity index (χ3v) is 1.19. The molecule has 7 heteroatoms. The van der Waals surface area contributed by atoms with Crippen LogP contribution in [0.2, 0.25) is 0 Å².